The second-order valence-electron chi connectivity index (χ2n) is 7.35. The Kier molecular flexibility index (Phi) is 6.92. The van der Waals surface area contributed by atoms with E-state index >= 15 is 0 Å². The summed E-state index contributed by atoms with van der Waals surface area (Å²) in [6, 6.07) is 6.00. The number of carbonyl (C=O) groups is 2. The van der Waals surface area contributed by atoms with E-state index in [0.29, 0.717) is 27.9 Å². The maximum Gasteiger partial charge on any atom is 0.405 e. The van der Waals surface area contributed by atoms with Crippen LogP contribution in [0.4, 0.5) is 24.1 Å². The average molecular weight is 466 g/mol. The van der Waals surface area contributed by atoms with Crippen molar-refractivity contribution in [2.45, 2.75) is 33.0 Å². The van der Waals surface area contributed by atoms with Crippen molar-refractivity contribution in [3.05, 3.63) is 30.5 Å². The molecule has 0 spiro atoms. The van der Waals surface area contributed by atoms with Crippen LogP contribution in [-0.2, 0) is 9.59 Å². The number of amides is 2. The zero-order valence-electron chi connectivity index (χ0n) is 17.4. The molecule has 3 N–H and O–H groups in total. The van der Waals surface area contributed by atoms with E-state index in [9.17, 15) is 22.8 Å². The molecule has 0 aliphatic heterocycles. The Bertz CT molecular complexity index is 1130. The highest BCUT2D eigenvalue weighted by atomic mass is 32.1. The van der Waals surface area contributed by atoms with Gasteiger partial charge in [-0.25, -0.2) is 15.0 Å². The fourth-order valence-corrected chi connectivity index (χ4v) is 3.79. The van der Waals surface area contributed by atoms with Gasteiger partial charge in [-0.05, 0) is 30.2 Å². The molecule has 12 heteroatoms. The van der Waals surface area contributed by atoms with E-state index in [1.54, 1.807) is 26.0 Å². The minimum absolute atomic E-state index is 0.217. The highest BCUT2D eigenvalue weighted by molar-refractivity contribution is 7.22. The van der Waals surface area contributed by atoms with Gasteiger partial charge in [-0.15, -0.1) is 0 Å². The third kappa shape index (κ3) is 6.13. The lowest BCUT2D eigenvalue weighted by Gasteiger charge is -2.22. The Hall–Kier alpha value is -3.28. The molecule has 0 saturated carbocycles. The number of fused-ring (bicyclic) bond motifs is 1. The summed E-state index contributed by atoms with van der Waals surface area (Å²) in [4.78, 5) is 36.5. The Labute approximate surface area is 185 Å². The summed E-state index contributed by atoms with van der Waals surface area (Å²) in [5.41, 5.74) is 1.39. The summed E-state index contributed by atoms with van der Waals surface area (Å²) in [5, 5.41) is 7.92. The fourth-order valence-electron chi connectivity index (χ4n) is 2.84. The Morgan fingerprint density at radius 3 is 2.56 bits per heavy atom. The number of aromatic nitrogens is 3. The zero-order chi connectivity index (χ0) is 23.5. The summed E-state index contributed by atoms with van der Waals surface area (Å²) < 4.78 is 38.1. The smallest absolute Gasteiger partial charge is 0.358 e. The maximum absolute atomic E-state index is 12.4. The first-order valence-electron chi connectivity index (χ1n) is 9.64. The van der Waals surface area contributed by atoms with E-state index in [1.807, 2.05) is 11.4 Å². The van der Waals surface area contributed by atoms with Gasteiger partial charge >= 0.3 is 6.18 Å². The molecule has 2 aromatic heterocycles. The Morgan fingerprint density at radius 1 is 1.16 bits per heavy atom. The van der Waals surface area contributed by atoms with Crippen LogP contribution in [0.25, 0.3) is 21.6 Å². The molecule has 0 saturated heterocycles. The molecule has 170 valence electrons. The number of anilines is 2. The number of carbonyl (C=O) groups excluding carboxylic acids is 2. The molecule has 2 amide bonds. The van der Waals surface area contributed by atoms with E-state index in [1.165, 1.54) is 30.5 Å². The second kappa shape index (κ2) is 9.47. The molecule has 32 heavy (non-hydrogen) atoms. The van der Waals surface area contributed by atoms with Gasteiger partial charge in [0, 0.05) is 18.7 Å². The van der Waals surface area contributed by atoms with E-state index in [4.69, 9.17) is 0 Å². The molecule has 0 fully saturated rings. The molecule has 1 aromatic carbocycles. The van der Waals surface area contributed by atoms with Gasteiger partial charge < -0.3 is 16.0 Å². The second-order valence-corrected chi connectivity index (χ2v) is 8.38. The van der Waals surface area contributed by atoms with Gasteiger partial charge in [-0.1, -0.05) is 25.2 Å². The van der Waals surface area contributed by atoms with Crippen LogP contribution < -0.4 is 16.0 Å². The number of benzene rings is 1. The molecular formula is C20H21F3N6O2S. The average Bonchev–Trinajstić information content (AvgIpc) is 3.10. The van der Waals surface area contributed by atoms with Crippen LogP contribution in [0.3, 0.4) is 0 Å². The van der Waals surface area contributed by atoms with Crippen LogP contribution in [0.2, 0.25) is 0 Å². The van der Waals surface area contributed by atoms with E-state index in [0.717, 1.165) is 4.70 Å². The van der Waals surface area contributed by atoms with Gasteiger partial charge in [-0.3, -0.25) is 9.59 Å². The number of rotatable bonds is 7. The highest BCUT2D eigenvalue weighted by Gasteiger charge is 2.30. The molecular weight excluding hydrogens is 445 g/mol. The number of nitrogens with zero attached hydrogens (tertiary/aromatic N) is 3. The molecule has 2 heterocycles. The van der Waals surface area contributed by atoms with Crippen molar-refractivity contribution in [3.63, 3.8) is 0 Å². The van der Waals surface area contributed by atoms with E-state index in [-0.39, 0.29) is 11.8 Å². The lowest BCUT2D eigenvalue weighted by molar-refractivity contribution is -0.139. The number of hydrogen-bond acceptors (Lipinski definition) is 7. The van der Waals surface area contributed by atoms with Crippen molar-refractivity contribution < 1.29 is 22.8 Å². The molecule has 0 aliphatic rings. The first-order chi connectivity index (χ1) is 15.0. The number of hydrogen-bond donors (Lipinski definition) is 3. The van der Waals surface area contributed by atoms with Crippen LogP contribution in [-0.4, -0.2) is 45.5 Å². The SMILES string of the molecule is CC(=O)Nc1nc2ccc(-c3nccc(N[C@@H](C(=O)NCC(F)(F)F)C(C)C)n3)cc2s1. The molecule has 0 bridgehead atoms. The molecule has 3 rings (SSSR count). The molecule has 1 atom stereocenters. The van der Waals surface area contributed by atoms with Gasteiger partial charge in [0.1, 0.15) is 18.4 Å². The number of alkyl halides is 3. The quantitative estimate of drug-likeness (QED) is 0.488. The van der Waals surface area contributed by atoms with Crippen LogP contribution >= 0.6 is 11.3 Å². The predicted octanol–water partition coefficient (Wildman–Crippen LogP) is 3.83. The summed E-state index contributed by atoms with van der Waals surface area (Å²) in [5.74, 6) is -0.606. The largest absolute Gasteiger partial charge is 0.405 e. The van der Waals surface area contributed by atoms with Crippen LogP contribution in [0, 0.1) is 5.92 Å². The van der Waals surface area contributed by atoms with Gasteiger partial charge in [0.15, 0.2) is 11.0 Å². The minimum Gasteiger partial charge on any atom is -0.358 e. The number of halogens is 3. The van der Waals surface area contributed by atoms with Crippen LogP contribution in [0.15, 0.2) is 30.5 Å². The molecule has 0 unspecified atom stereocenters. The summed E-state index contributed by atoms with van der Waals surface area (Å²) in [6.45, 7) is 3.44. The van der Waals surface area contributed by atoms with Crippen molar-refractivity contribution >= 4 is 44.3 Å². The Balaban J connectivity index is 1.80. The monoisotopic (exact) mass is 466 g/mol. The van der Waals surface area contributed by atoms with Crippen LogP contribution in [0.5, 0.6) is 0 Å². The molecule has 8 nitrogen and oxygen atoms in total. The number of nitrogens with one attached hydrogen (secondary N) is 3. The van der Waals surface area contributed by atoms with Gasteiger partial charge in [0.25, 0.3) is 0 Å². The lowest BCUT2D eigenvalue weighted by atomic mass is 10.0. The number of thiazole rings is 1. The summed E-state index contributed by atoms with van der Waals surface area (Å²) >= 11 is 1.31. The molecule has 0 radical (unpaired) electrons. The zero-order valence-corrected chi connectivity index (χ0v) is 18.3. The predicted molar refractivity (Wildman–Crippen MR) is 116 cm³/mol. The third-order valence-corrected chi connectivity index (χ3v) is 5.23. The molecule has 3 aromatic rings. The van der Waals surface area contributed by atoms with Crippen molar-refractivity contribution in [1.82, 2.24) is 20.3 Å². The first-order valence-corrected chi connectivity index (χ1v) is 10.5. The highest BCUT2D eigenvalue weighted by Crippen LogP contribution is 2.29. The van der Waals surface area contributed by atoms with Crippen molar-refractivity contribution in [1.29, 1.82) is 0 Å². The lowest BCUT2D eigenvalue weighted by Crippen LogP contribution is -2.46. The van der Waals surface area contributed by atoms with E-state index < -0.39 is 24.7 Å². The first kappa shape index (κ1) is 23.4. The normalized spacial score (nSPS) is 12.6. The minimum atomic E-state index is -4.49. The maximum atomic E-state index is 12.4. The van der Waals surface area contributed by atoms with E-state index in [2.05, 4.69) is 25.6 Å². The summed E-state index contributed by atoms with van der Waals surface area (Å²) in [7, 11) is 0. The Morgan fingerprint density at radius 2 is 1.91 bits per heavy atom. The van der Waals surface area contributed by atoms with Crippen LogP contribution in [0.1, 0.15) is 20.8 Å². The van der Waals surface area contributed by atoms with Crippen molar-refractivity contribution in [3.8, 4) is 11.4 Å². The summed E-state index contributed by atoms with van der Waals surface area (Å²) in [6.07, 6.45) is -3.00. The molecule has 0 aliphatic carbocycles. The van der Waals surface area contributed by atoms with Gasteiger partial charge in [0.2, 0.25) is 11.8 Å². The van der Waals surface area contributed by atoms with Crippen molar-refractivity contribution in [2.75, 3.05) is 17.2 Å². The van der Waals surface area contributed by atoms with Crippen molar-refractivity contribution in [2.24, 2.45) is 5.92 Å². The standard InChI is InChI=1S/C20H21F3N6O2S/c1-10(2)16(18(31)25-9-20(21,22)23)28-15-6-7-24-17(29-15)12-4-5-13-14(8-12)32-19(27-13)26-11(3)30/h4-8,10,16H,9H2,1-3H3,(H,25,31)(H,24,28,29)(H,26,27,30)/t16-/m1/s1. The third-order valence-electron chi connectivity index (χ3n) is 4.30. The fraction of sp³-hybridized carbons (Fsp3) is 0.350. The topological polar surface area (TPSA) is 109 Å². The van der Waals surface area contributed by atoms with Gasteiger partial charge in [0.05, 0.1) is 10.2 Å². The van der Waals surface area contributed by atoms with Gasteiger partial charge in [-0.2, -0.15) is 13.2 Å².